The molecule has 0 fully saturated rings. The second-order valence-electron chi connectivity index (χ2n) is 5.89. The largest absolute Gasteiger partial charge is 0.496 e. The molecule has 0 aliphatic carbocycles. The summed E-state index contributed by atoms with van der Waals surface area (Å²) in [5.74, 6) is 0.913. The summed E-state index contributed by atoms with van der Waals surface area (Å²) in [5, 5.41) is 18.0. The molecule has 1 aromatic heterocycles. The lowest BCUT2D eigenvalue weighted by atomic mass is 10.1. The molecule has 0 aliphatic heterocycles. The summed E-state index contributed by atoms with van der Waals surface area (Å²) in [7, 11) is 1.56. The number of hydrogen-bond donors (Lipinski definition) is 1. The van der Waals surface area contributed by atoms with E-state index in [1.165, 1.54) is 12.1 Å². The number of ether oxygens (including phenoxy) is 1. The van der Waals surface area contributed by atoms with Crippen LogP contribution in [0.1, 0.15) is 11.3 Å². The van der Waals surface area contributed by atoms with Gasteiger partial charge < -0.3 is 10.1 Å². The first-order valence-corrected chi connectivity index (χ1v) is 8.21. The molecule has 0 radical (unpaired) electrons. The third kappa shape index (κ3) is 4.12. The Morgan fingerprint density at radius 3 is 2.59 bits per heavy atom. The summed E-state index contributed by atoms with van der Waals surface area (Å²) in [6.07, 6.45) is 0.147. The highest BCUT2D eigenvalue weighted by atomic mass is 16.6. The van der Waals surface area contributed by atoms with Crippen LogP contribution in [0.15, 0.2) is 54.6 Å². The van der Waals surface area contributed by atoms with E-state index in [0.29, 0.717) is 22.9 Å². The van der Waals surface area contributed by atoms with Crippen molar-refractivity contribution in [1.29, 1.82) is 0 Å². The van der Waals surface area contributed by atoms with Gasteiger partial charge in [0.05, 0.1) is 29.8 Å². The van der Waals surface area contributed by atoms with Gasteiger partial charge in [-0.3, -0.25) is 14.9 Å². The molecule has 8 heteroatoms. The second-order valence-corrected chi connectivity index (χ2v) is 5.89. The third-order valence-corrected chi connectivity index (χ3v) is 3.95. The van der Waals surface area contributed by atoms with Gasteiger partial charge in [0.25, 0.3) is 5.69 Å². The number of non-ortho nitro benzene ring substituents is 1. The lowest BCUT2D eigenvalue weighted by Gasteiger charge is -2.10. The van der Waals surface area contributed by atoms with Crippen molar-refractivity contribution >= 4 is 17.4 Å². The van der Waals surface area contributed by atoms with E-state index in [2.05, 4.69) is 10.4 Å². The Balaban J connectivity index is 1.81. The highest BCUT2D eigenvalue weighted by Gasteiger charge is 2.14. The van der Waals surface area contributed by atoms with E-state index in [4.69, 9.17) is 4.74 Å². The van der Waals surface area contributed by atoms with Gasteiger partial charge in [0.15, 0.2) is 0 Å². The minimum Gasteiger partial charge on any atom is -0.496 e. The first-order valence-electron chi connectivity index (χ1n) is 8.21. The summed E-state index contributed by atoms with van der Waals surface area (Å²) in [4.78, 5) is 22.8. The van der Waals surface area contributed by atoms with Crippen LogP contribution >= 0.6 is 0 Å². The molecule has 1 N–H and O–H groups in total. The molecule has 0 spiro atoms. The number of carbonyl (C=O) groups is 1. The Kier molecular flexibility index (Phi) is 5.16. The van der Waals surface area contributed by atoms with E-state index in [9.17, 15) is 14.9 Å². The Morgan fingerprint density at radius 2 is 1.93 bits per heavy atom. The number of amides is 1. The van der Waals surface area contributed by atoms with Crippen molar-refractivity contribution in [2.45, 2.75) is 13.3 Å². The van der Waals surface area contributed by atoms with Crippen molar-refractivity contribution in [3.05, 3.63) is 76.0 Å². The van der Waals surface area contributed by atoms with Crippen LogP contribution in [0.5, 0.6) is 5.75 Å². The number of rotatable bonds is 6. The quantitative estimate of drug-likeness (QED) is 0.533. The molecular formula is C19H18N4O4. The number of carbonyl (C=O) groups excluding carboxylic acids is 1. The molecule has 2 aromatic carbocycles. The second kappa shape index (κ2) is 7.69. The number of benzene rings is 2. The third-order valence-electron chi connectivity index (χ3n) is 3.95. The van der Waals surface area contributed by atoms with Crippen molar-refractivity contribution in [1.82, 2.24) is 9.78 Å². The summed E-state index contributed by atoms with van der Waals surface area (Å²) in [6, 6.07) is 15.0. The van der Waals surface area contributed by atoms with Gasteiger partial charge in [-0.05, 0) is 25.1 Å². The van der Waals surface area contributed by atoms with Crippen LogP contribution in [0.2, 0.25) is 0 Å². The molecule has 1 heterocycles. The number of aryl methyl sites for hydroxylation is 1. The van der Waals surface area contributed by atoms with Gasteiger partial charge in [-0.15, -0.1) is 0 Å². The maximum atomic E-state index is 12.5. The number of nitro benzene ring substituents is 1. The van der Waals surface area contributed by atoms with Crippen molar-refractivity contribution in [3.8, 4) is 11.4 Å². The van der Waals surface area contributed by atoms with Crippen molar-refractivity contribution in [3.63, 3.8) is 0 Å². The van der Waals surface area contributed by atoms with Crippen LogP contribution in [0.25, 0.3) is 5.69 Å². The molecule has 0 bridgehead atoms. The smallest absolute Gasteiger partial charge is 0.269 e. The molecule has 138 valence electrons. The van der Waals surface area contributed by atoms with E-state index in [1.807, 2.05) is 18.2 Å². The van der Waals surface area contributed by atoms with E-state index < -0.39 is 4.92 Å². The summed E-state index contributed by atoms with van der Waals surface area (Å²) in [6.45, 7) is 1.80. The average molecular weight is 366 g/mol. The fourth-order valence-electron chi connectivity index (χ4n) is 2.71. The number of methoxy groups -OCH3 is 1. The van der Waals surface area contributed by atoms with Gasteiger partial charge >= 0.3 is 0 Å². The Hall–Kier alpha value is -3.68. The molecular weight excluding hydrogens is 348 g/mol. The van der Waals surface area contributed by atoms with Crippen molar-refractivity contribution in [2.24, 2.45) is 0 Å². The van der Waals surface area contributed by atoms with E-state index >= 15 is 0 Å². The molecule has 0 saturated carbocycles. The lowest BCUT2D eigenvalue weighted by Crippen LogP contribution is -2.17. The number of nitrogens with one attached hydrogen (secondary N) is 1. The number of aromatic nitrogens is 2. The number of anilines is 1. The Bertz CT molecular complexity index is 980. The van der Waals surface area contributed by atoms with Gasteiger partial charge in [-0.25, -0.2) is 4.68 Å². The normalized spacial score (nSPS) is 10.4. The molecule has 1 amide bonds. The lowest BCUT2D eigenvalue weighted by molar-refractivity contribution is -0.384. The van der Waals surface area contributed by atoms with Crippen molar-refractivity contribution in [2.75, 3.05) is 12.4 Å². The zero-order chi connectivity index (χ0) is 19.4. The maximum absolute atomic E-state index is 12.5. The number of hydrogen-bond acceptors (Lipinski definition) is 5. The van der Waals surface area contributed by atoms with Crippen LogP contribution in [0.3, 0.4) is 0 Å². The van der Waals surface area contributed by atoms with E-state index in [0.717, 1.165) is 5.56 Å². The SMILES string of the molecule is COc1ccccc1CC(=O)Nc1cc(C)nn1-c1ccc([N+](=O)[O-])cc1. The van der Waals surface area contributed by atoms with Crippen LogP contribution in [0.4, 0.5) is 11.5 Å². The zero-order valence-electron chi connectivity index (χ0n) is 14.9. The molecule has 3 aromatic rings. The fourth-order valence-corrected chi connectivity index (χ4v) is 2.71. The molecule has 27 heavy (non-hydrogen) atoms. The highest BCUT2D eigenvalue weighted by molar-refractivity contribution is 5.92. The fraction of sp³-hybridized carbons (Fsp3) is 0.158. The molecule has 8 nitrogen and oxygen atoms in total. The maximum Gasteiger partial charge on any atom is 0.269 e. The topological polar surface area (TPSA) is 99.3 Å². The number of nitro groups is 1. The summed E-state index contributed by atoms with van der Waals surface area (Å²) >= 11 is 0. The molecule has 3 rings (SSSR count). The van der Waals surface area contributed by atoms with Gasteiger partial charge in [0.2, 0.25) is 5.91 Å². The van der Waals surface area contributed by atoms with Gasteiger partial charge in [-0.2, -0.15) is 5.10 Å². The van der Waals surface area contributed by atoms with Crippen LogP contribution in [0, 0.1) is 17.0 Å². The first kappa shape index (κ1) is 18.1. The van der Waals surface area contributed by atoms with Crippen LogP contribution in [-0.2, 0) is 11.2 Å². The predicted octanol–water partition coefficient (Wildman–Crippen LogP) is 3.28. The number of para-hydroxylation sites is 1. The van der Waals surface area contributed by atoms with E-state index in [1.54, 1.807) is 43.0 Å². The highest BCUT2D eigenvalue weighted by Crippen LogP contribution is 2.22. The summed E-state index contributed by atoms with van der Waals surface area (Å²) in [5.41, 5.74) is 2.09. The minimum absolute atomic E-state index is 0.00983. The van der Waals surface area contributed by atoms with Crippen LogP contribution < -0.4 is 10.1 Å². The average Bonchev–Trinajstić information content (AvgIpc) is 3.02. The van der Waals surface area contributed by atoms with Gasteiger partial charge in [-0.1, -0.05) is 18.2 Å². The van der Waals surface area contributed by atoms with Gasteiger partial charge in [0, 0.05) is 23.8 Å². The molecule has 0 aliphatic rings. The van der Waals surface area contributed by atoms with E-state index in [-0.39, 0.29) is 18.0 Å². The minimum atomic E-state index is -0.464. The standard InChI is InChI=1S/C19H18N4O4/c1-13-11-18(20-19(24)12-14-5-3-4-6-17(14)27-2)22(21-13)15-7-9-16(10-8-15)23(25)26/h3-11H,12H2,1-2H3,(H,20,24). The zero-order valence-corrected chi connectivity index (χ0v) is 14.9. The van der Waals surface area contributed by atoms with Crippen LogP contribution in [-0.4, -0.2) is 27.7 Å². The van der Waals surface area contributed by atoms with Gasteiger partial charge in [0.1, 0.15) is 11.6 Å². The molecule has 0 unspecified atom stereocenters. The summed E-state index contributed by atoms with van der Waals surface area (Å²) < 4.78 is 6.81. The predicted molar refractivity (Wildman–Crippen MR) is 100 cm³/mol. The number of nitrogens with zero attached hydrogens (tertiary/aromatic N) is 3. The Morgan fingerprint density at radius 1 is 1.22 bits per heavy atom. The molecule has 0 atom stereocenters. The van der Waals surface area contributed by atoms with Crippen molar-refractivity contribution < 1.29 is 14.5 Å². The Labute approximate surface area is 155 Å². The monoisotopic (exact) mass is 366 g/mol. The first-order chi connectivity index (χ1) is 13.0. The molecule has 0 saturated heterocycles.